The minimum absolute atomic E-state index is 0. The van der Waals surface area contributed by atoms with E-state index in [1.54, 1.807) is 0 Å². The van der Waals surface area contributed by atoms with E-state index >= 15 is 0 Å². The zero-order valence-corrected chi connectivity index (χ0v) is 15.3. The number of rotatable bonds is 0. The first-order chi connectivity index (χ1) is 10.4. The summed E-state index contributed by atoms with van der Waals surface area (Å²) in [6.45, 7) is 4.66. The van der Waals surface area contributed by atoms with Crippen LogP contribution in [0.25, 0.3) is 0 Å². The first kappa shape index (κ1) is 17.7. The zero-order chi connectivity index (χ0) is 15.7. The Morgan fingerprint density at radius 2 is 1.87 bits per heavy atom. The van der Waals surface area contributed by atoms with Crippen molar-refractivity contribution in [1.29, 1.82) is 0 Å². The maximum Gasteiger partial charge on any atom is 0.139 e. The lowest BCUT2D eigenvalue weighted by Crippen LogP contribution is -2.58. The van der Waals surface area contributed by atoms with Crippen LogP contribution in [0, 0.1) is 34.5 Å². The van der Waals surface area contributed by atoms with Crippen molar-refractivity contribution in [1.82, 2.24) is 0 Å². The molecule has 8 atom stereocenters. The molecule has 23 heavy (non-hydrogen) atoms. The average Bonchev–Trinajstić information content (AvgIpc) is 2.77. The van der Waals surface area contributed by atoms with Gasteiger partial charge in [0, 0.05) is 17.9 Å². The van der Waals surface area contributed by atoms with Crippen molar-refractivity contribution in [3.8, 4) is 0 Å². The van der Waals surface area contributed by atoms with Crippen LogP contribution in [0.2, 0.25) is 0 Å². The highest BCUT2D eigenvalue weighted by Crippen LogP contribution is 2.65. The topological polar surface area (TPSA) is 63.3 Å². The third kappa shape index (κ3) is 2.33. The molecule has 0 amide bonds. The molecule has 0 bridgehead atoms. The van der Waals surface area contributed by atoms with Crippen LogP contribution >= 0.6 is 12.4 Å². The molecule has 0 aromatic heterocycles. The highest BCUT2D eigenvalue weighted by Gasteiger charge is 2.60. The fourth-order valence-electron chi connectivity index (χ4n) is 7.10. The number of Topliss-reactive ketones (excluding diaryl/α,β-unsaturated/α-hetero) is 1. The van der Waals surface area contributed by atoms with Gasteiger partial charge in [0.2, 0.25) is 0 Å². The summed E-state index contributed by atoms with van der Waals surface area (Å²) >= 11 is 0. The van der Waals surface area contributed by atoms with E-state index in [1.165, 1.54) is 19.3 Å². The fraction of sp³-hybridized carbons (Fsp3) is 0.947. The Labute approximate surface area is 146 Å². The zero-order valence-electron chi connectivity index (χ0n) is 14.5. The monoisotopic (exact) mass is 341 g/mol. The van der Waals surface area contributed by atoms with Crippen LogP contribution in [-0.4, -0.2) is 23.0 Å². The van der Waals surface area contributed by atoms with Gasteiger partial charge in [0.05, 0.1) is 6.10 Å². The van der Waals surface area contributed by atoms with Crippen molar-refractivity contribution in [3.05, 3.63) is 0 Å². The van der Waals surface area contributed by atoms with Gasteiger partial charge in [-0.25, -0.2) is 0 Å². The molecule has 4 aliphatic rings. The summed E-state index contributed by atoms with van der Waals surface area (Å²) < 4.78 is 0. The SMILES string of the molecule is C[C@]12CC(O)C(N)CC1CC[C@@H]1[C@H]2CC[C@]2(C)C(=O)CC[C@@H]12.Cl. The molecule has 0 saturated heterocycles. The van der Waals surface area contributed by atoms with Gasteiger partial charge in [0.25, 0.3) is 0 Å². The minimum atomic E-state index is -0.335. The van der Waals surface area contributed by atoms with E-state index in [0.29, 0.717) is 29.5 Å². The Bertz CT molecular complexity index is 498. The van der Waals surface area contributed by atoms with Crippen LogP contribution in [0.4, 0.5) is 0 Å². The standard InChI is InChI=1S/C19H31NO2.ClH/c1-18-8-7-14-12(13(18)5-6-17(18)22)4-3-11-9-15(20)16(21)10-19(11,14)2;/h11-16,21H,3-10,20H2,1-2H3;1H/t11?,12-,13-,14+,15?,16?,18-,19-;/m0./s1. The highest BCUT2D eigenvalue weighted by atomic mass is 35.5. The molecular formula is C19H32ClNO2. The summed E-state index contributed by atoms with van der Waals surface area (Å²) in [7, 11) is 0. The molecule has 132 valence electrons. The van der Waals surface area contributed by atoms with Crippen molar-refractivity contribution in [2.75, 3.05) is 0 Å². The van der Waals surface area contributed by atoms with Crippen LogP contribution in [0.15, 0.2) is 0 Å². The molecule has 4 fully saturated rings. The first-order valence-corrected chi connectivity index (χ1v) is 9.33. The Balaban J connectivity index is 0.00000156. The van der Waals surface area contributed by atoms with Crippen LogP contribution < -0.4 is 5.73 Å². The van der Waals surface area contributed by atoms with E-state index in [-0.39, 0.29) is 35.4 Å². The average molecular weight is 342 g/mol. The van der Waals surface area contributed by atoms with Gasteiger partial charge >= 0.3 is 0 Å². The Kier molecular flexibility index (Phi) is 4.39. The Morgan fingerprint density at radius 3 is 2.61 bits per heavy atom. The van der Waals surface area contributed by atoms with E-state index < -0.39 is 0 Å². The van der Waals surface area contributed by atoms with Crippen LogP contribution in [0.1, 0.15) is 65.2 Å². The molecule has 3 unspecified atom stereocenters. The fourth-order valence-corrected chi connectivity index (χ4v) is 7.10. The van der Waals surface area contributed by atoms with Crippen molar-refractivity contribution >= 4 is 18.2 Å². The van der Waals surface area contributed by atoms with Gasteiger partial charge in [-0.15, -0.1) is 12.4 Å². The van der Waals surface area contributed by atoms with Crippen LogP contribution in [-0.2, 0) is 4.79 Å². The normalized spacial score (nSPS) is 55.4. The lowest BCUT2D eigenvalue weighted by molar-refractivity contribution is -0.145. The second kappa shape index (κ2) is 5.71. The minimum Gasteiger partial charge on any atom is -0.391 e. The lowest BCUT2D eigenvalue weighted by Gasteiger charge is -2.60. The summed E-state index contributed by atoms with van der Waals surface area (Å²) in [5, 5.41) is 10.4. The van der Waals surface area contributed by atoms with Crippen molar-refractivity contribution < 1.29 is 9.90 Å². The lowest BCUT2D eigenvalue weighted by atomic mass is 9.45. The summed E-state index contributed by atoms with van der Waals surface area (Å²) in [6, 6.07) is -0.0310. The number of halogens is 1. The maximum atomic E-state index is 12.4. The number of carbonyl (C=O) groups is 1. The van der Waals surface area contributed by atoms with E-state index in [0.717, 1.165) is 32.1 Å². The van der Waals surface area contributed by atoms with Crippen molar-refractivity contribution in [2.24, 2.45) is 40.2 Å². The number of aliphatic hydroxyl groups excluding tert-OH is 1. The van der Waals surface area contributed by atoms with Gasteiger partial charge in [-0.2, -0.15) is 0 Å². The quantitative estimate of drug-likeness (QED) is 0.710. The summed E-state index contributed by atoms with van der Waals surface area (Å²) in [5.74, 6) is 3.19. The van der Waals surface area contributed by atoms with E-state index in [1.807, 2.05) is 0 Å². The molecule has 0 radical (unpaired) electrons. The second-order valence-corrected chi connectivity index (χ2v) is 9.25. The molecular weight excluding hydrogens is 310 g/mol. The highest BCUT2D eigenvalue weighted by molar-refractivity contribution is 5.87. The third-order valence-corrected chi connectivity index (χ3v) is 8.47. The van der Waals surface area contributed by atoms with Crippen molar-refractivity contribution in [3.63, 3.8) is 0 Å². The van der Waals surface area contributed by atoms with Gasteiger partial charge in [0.15, 0.2) is 0 Å². The van der Waals surface area contributed by atoms with Gasteiger partial charge in [-0.1, -0.05) is 13.8 Å². The summed E-state index contributed by atoms with van der Waals surface area (Å²) in [4.78, 5) is 12.4. The number of hydrogen-bond acceptors (Lipinski definition) is 3. The van der Waals surface area contributed by atoms with Gasteiger partial charge < -0.3 is 10.8 Å². The maximum absolute atomic E-state index is 12.4. The number of carbonyl (C=O) groups excluding carboxylic acids is 1. The molecule has 0 aromatic carbocycles. The van der Waals surface area contributed by atoms with E-state index in [4.69, 9.17) is 5.73 Å². The smallest absolute Gasteiger partial charge is 0.139 e. The van der Waals surface area contributed by atoms with Crippen LogP contribution in [0.3, 0.4) is 0 Å². The van der Waals surface area contributed by atoms with Gasteiger partial charge in [0.1, 0.15) is 5.78 Å². The van der Waals surface area contributed by atoms with E-state index in [2.05, 4.69) is 13.8 Å². The Hall–Kier alpha value is -0.120. The van der Waals surface area contributed by atoms with Gasteiger partial charge in [-0.05, 0) is 74.0 Å². The molecule has 0 spiro atoms. The first-order valence-electron chi connectivity index (χ1n) is 9.33. The number of aliphatic hydroxyl groups is 1. The molecule has 4 rings (SSSR count). The summed E-state index contributed by atoms with van der Waals surface area (Å²) in [6.07, 6.45) is 8.22. The predicted molar refractivity (Wildman–Crippen MR) is 93.3 cm³/mol. The molecule has 4 heteroatoms. The van der Waals surface area contributed by atoms with E-state index in [9.17, 15) is 9.90 Å². The van der Waals surface area contributed by atoms with Crippen molar-refractivity contribution in [2.45, 2.75) is 77.4 Å². The number of nitrogens with two attached hydrogens (primary N) is 1. The number of fused-ring (bicyclic) bond motifs is 5. The molecule has 4 saturated carbocycles. The second-order valence-electron chi connectivity index (χ2n) is 9.25. The molecule has 3 nitrogen and oxygen atoms in total. The van der Waals surface area contributed by atoms with Crippen LogP contribution in [0.5, 0.6) is 0 Å². The number of hydrogen-bond donors (Lipinski definition) is 2. The predicted octanol–water partition coefficient (Wildman–Crippen LogP) is 3.32. The summed E-state index contributed by atoms with van der Waals surface area (Å²) in [5.41, 5.74) is 6.35. The molecule has 0 aliphatic heterocycles. The largest absolute Gasteiger partial charge is 0.391 e. The molecule has 4 aliphatic carbocycles. The third-order valence-electron chi connectivity index (χ3n) is 8.47. The Morgan fingerprint density at radius 1 is 1.13 bits per heavy atom. The molecule has 3 N–H and O–H groups in total. The molecule has 0 aromatic rings. The molecule has 0 heterocycles. The van der Waals surface area contributed by atoms with Gasteiger partial charge in [-0.3, -0.25) is 4.79 Å². The number of ketones is 1.